The van der Waals surface area contributed by atoms with E-state index in [9.17, 15) is 14.4 Å². The first-order chi connectivity index (χ1) is 14.0. The predicted molar refractivity (Wildman–Crippen MR) is 110 cm³/mol. The summed E-state index contributed by atoms with van der Waals surface area (Å²) in [7, 11) is 0. The van der Waals surface area contributed by atoms with Gasteiger partial charge in [-0.3, -0.25) is 23.5 Å². The fraction of sp³-hybridized carbons (Fsp3) is 0.227. The molecular weight excluding hydrogens is 370 g/mol. The lowest BCUT2D eigenvalue weighted by atomic mass is 10.1. The van der Waals surface area contributed by atoms with Crippen molar-refractivity contribution in [3.8, 4) is 11.4 Å². The molecule has 150 valence electrons. The van der Waals surface area contributed by atoms with Gasteiger partial charge in [-0.15, -0.1) is 0 Å². The molecule has 2 aromatic carbocycles. The van der Waals surface area contributed by atoms with Crippen LogP contribution in [0.4, 0.5) is 0 Å². The molecule has 7 nitrogen and oxygen atoms in total. The number of amides is 1. The van der Waals surface area contributed by atoms with Gasteiger partial charge in [0.15, 0.2) is 0 Å². The number of aromatic nitrogens is 2. The molecule has 0 aliphatic heterocycles. The second-order valence-electron chi connectivity index (χ2n) is 6.51. The van der Waals surface area contributed by atoms with Crippen molar-refractivity contribution in [3.63, 3.8) is 0 Å². The summed E-state index contributed by atoms with van der Waals surface area (Å²) in [6, 6.07) is 16.3. The van der Waals surface area contributed by atoms with Crippen LogP contribution in [0.25, 0.3) is 5.69 Å². The molecule has 1 heterocycles. The highest BCUT2D eigenvalue weighted by molar-refractivity contribution is 5.76. The van der Waals surface area contributed by atoms with E-state index in [1.54, 1.807) is 24.3 Å². The summed E-state index contributed by atoms with van der Waals surface area (Å²) in [5.74, 6) is 0.152. The number of ether oxygens (including phenoxy) is 1. The maximum atomic E-state index is 12.6. The Labute approximate surface area is 168 Å². The molecular formula is C22H23N3O4. The molecule has 1 aromatic heterocycles. The molecule has 1 N–H and O–H groups in total. The van der Waals surface area contributed by atoms with Gasteiger partial charge in [0.25, 0.3) is 0 Å². The number of carbonyl (C=O) groups is 1. The molecule has 0 saturated heterocycles. The molecule has 3 aromatic rings. The number of carbonyl (C=O) groups excluding carboxylic acids is 1. The first-order valence-corrected chi connectivity index (χ1v) is 9.40. The maximum Gasteiger partial charge on any atom is 0.321 e. The lowest BCUT2D eigenvalue weighted by Gasteiger charge is -2.15. The average Bonchev–Trinajstić information content (AvgIpc) is 2.73. The molecule has 0 aliphatic carbocycles. The van der Waals surface area contributed by atoms with Gasteiger partial charge in [-0.25, -0.2) is 0 Å². The molecule has 0 aliphatic rings. The van der Waals surface area contributed by atoms with Crippen molar-refractivity contribution in [2.24, 2.45) is 0 Å². The summed E-state index contributed by atoms with van der Waals surface area (Å²) in [5, 5.41) is 2.84. The standard InChI is InChI=1S/C22H23N3O4/c1-3-29-19-12-8-7-11-18(19)25-14-13-24(21(27)22(25)28)15-20(26)23-16(2)17-9-5-4-6-10-17/h4-14,16H,3,15H2,1-2H3,(H,23,26). The van der Waals surface area contributed by atoms with Crippen LogP contribution in [0, 0.1) is 0 Å². The molecule has 0 spiro atoms. The molecule has 3 rings (SSSR count). The number of benzene rings is 2. The van der Waals surface area contributed by atoms with Crippen molar-refractivity contribution in [2.45, 2.75) is 26.4 Å². The summed E-state index contributed by atoms with van der Waals surface area (Å²) < 4.78 is 7.87. The lowest BCUT2D eigenvalue weighted by Crippen LogP contribution is -2.42. The molecule has 1 atom stereocenters. The number of nitrogens with zero attached hydrogens (tertiary/aromatic N) is 2. The molecule has 0 fully saturated rings. The topological polar surface area (TPSA) is 82.3 Å². The van der Waals surface area contributed by atoms with Crippen molar-refractivity contribution < 1.29 is 9.53 Å². The Kier molecular flexibility index (Phi) is 6.29. The van der Waals surface area contributed by atoms with Crippen LogP contribution in [0.1, 0.15) is 25.5 Å². The Hall–Kier alpha value is -3.61. The van der Waals surface area contributed by atoms with Gasteiger partial charge >= 0.3 is 11.1 Å². The van der Waals surface area contributed by atoms with Crippen LogP contribution in [-0.2, 0) is 11.3 Å². The molecule has 0 saturated carbocycles. The van der Waals surface area contributed by atoms with Crippen LogP contribution in [0.2, 0.25) is 0 Å². The zero-order valence-electron chi connectivity index (χ0n) is 16.4. The first kappa shape index (κ1) is 20.1. The maximum absolute atomic E-state index is 12.6. The van der Waals surface area contributed by atoms with Crippen LogP contribution in [0.15, 0.2) is 76.6 Å². The van der Waals surface area contributed by atoms with E-state index in [-0.39, 0.29) is 18.5 Å². The summed E-state index contributed by atoms with van der Waals surface area (Å²) in [6.07, 6.45) is 2.90. The molecule has 0 radical (unpaired) electrons. The van der Waals surface area contributed by atoms with Crippen LogP contribution < -0.4 is 21.2 Å². The van der Waals surface area contributed by atoms with Gasteiger partial charge in [0, 0.05) is 12.4 Å². The number of nitrogens with one attached hydrogen (secondary N) is 1. The molecule has 0 bridgehead atoms. The van der Waals surface area contributed by atoms with Crippen molar-refractivity contribution in [3.05, 3.63) is 93.3 Å². The van der Waals surface area contributed by atoms with E-state index in [0.717, 1.165) is 10.1 Å². The Morgan fingerprint density at radius 2 is 1.69 bits per heavy atom. The second kappa shape index (κ2) is 9.05. The van der Waals surface area contributed by atoms with Gasteiger partial charge < -0.3 is 10.1 Å². The summed E-state index contributed by atoms with van der Waals surface area (Å²) in [5.41, 5.74) is -0.0910. The minimum Gasteiger partial charge on any atom is -0.492 e. The fourth-order valence-corrected chi connectivity index (χ4v) is 3.02. The number of hydrogen-bond donors (Lipinski definition) is 1. The van der Waals surface area contributed by atoms with Gasteiger partial charge in [-0.2, -0.15) is 0 Å². The number of hydrogen-bond acceptors (Lipinski definition) is 4. The third-order valence-electron chi connectivity index (χ3n) is 4.47. The Balaban J connectivity index is 1.81. The Morgan fingerprint density at radius 1 is 1.00 bits per heavy atom. The van der Waals surface area contributed by atoms with E-state index in [4.69, 9.17) is 4.74 Å². The van der Waals surface area contributed by atoms with Crippen LogP contribution in [-0.4, -0.2) is 21.6 Å². The minimum absolute atomic E-state index is 0.210. The van der Waals surface area contributed by atoms with Gasteiger partial charge in [0.2, 0.25) is 5.91 Å². The third-order valence-corrected chi connectivity index (χ3v) is 4.47. The largest absolute Gasteiger partial charge is 0.492 e. The zero-order chi connectivity index (χ0) is 20.8. The molecule has 1 amide bonds. The van der Waals surface area contributed by atoms with E-state index in [1.165, 1.54) is 17.0 Å². The number of para-hydroxylation sites is 2. The third kappa shape index (κ3) is 4.63. The van der Waals surface area contributed by atoms with Gasteiger partial charge in [0.1, 0.15) is 12.3 Å². The molecule has 29 heavy (non-hydrogen) atoms. The molecule has 1 unspecified atom stereocenters. The smallest absolute Gasteiger partial charge is 0.321 e. The minimum atomic E-state index is -0.777. The van der Waals surface area contributed by atoms with Crippen molar-refractivity contribution in [1.82, 2.24) is 14.5 Å². The Bertz CT molecular complexity index is 1100. The van der Waals surface area contributed by atoms with E-state index in [0.29, 0.717) is 18.0 Å². The van der Waals surface area contributed by atoms with E-state index >= 15 is 0 Å². The van der Waals surface area contributed by atoms with E-state index in [1.807, 2.05) is 44.2 Å². The highest BCUT2D eigenvalue weighted by Gasteiger charge is 2.14. The average molecular weight is 393 g/mol. The Morgan fingerprint density at radius 3 is 2.41 bits per heavy atom. The molecule has 7 heteroatoms. The highest BCUT2D eigenvalue weighted by Crippen LogP contribution is 2.20. The second-order valence-corrected chi connectivity index (χ2v) is 6.51. The lowest BCUT2D eigenvalue weighted by molar-refractivity contribution is -0.122. The number of rotatable bonds is 7. The summed E-state index contributed by atoms with van der Waals surface area (Å²) >= 11 is 0. The SMILES string of the molecule is CCOc1ccccc1-n1ccn(CC(=O)NC(C)c2ccccc2)c(=O)c1=O. The van der Waals surface area contributed by atoms with E-state index < -0.39 is 11.1 Å². The van der Waals surface area contributed by atoms with Crippen molar-refractivity contribution >= 4 is 5.91 Å². The van der Waals surface area contributed by atoms with Gasteiger partial charge in [0.05, 0.1) is 18.3 Å². The summed E-state index contributed by atoms with van der Waals surface area (Å²) in [4.78, 5) is 37.5. The van der Waals surface area contributed by atoms with Crippen LogP contribution >= 0.6 is 0 Å². The fourth-order valence-electron chi connectivity index (χ4n) is 3.02. The summed E-state index contributed by atoms with van der Waals surface area (Å²) in [6.45, 7) is 3.90. The first-order valence-electron chi connectivity index (χ1n) is 9.40. The highest BCUT2D eigenvalue weighted by atomic mass is 16.5. The monoisotopic (exact) mass is 393 g/mol. The van der Waals surface area contributed by atoms with Crippen LogP contribution in [0.5, 0.6) is 5.75 Å². The van der Waals surface area contributed by atoms with Crippen molar-refractivity contribution in [2.75, 3.05) is 6.61 Å². The van der Waals surface area contributed by atoms with Gasteiger partial charge in [-0.05, 0) is 31.5 Å². The normalized spacial score (nSPS) is 11.7. The van der Waals surface area contributed by atoms with Crippen LogP contribution in [0.3, 0.4) is 0 Å². The van der Waals surface area contributed by atoms with Crippen molar-refractivity contribution in [1.29, 1.82) is 0 Å². The zero-order valence-corrected chi connectivity index (χ0v) is 16.4. The quantitative estimate of drug-likeness (QED) is 0.625. The van der Waals surface area contributed by atoms with E-state index in [2.05, 4.69) is 5.32 Å². The van der Waals surface area contributed by atoms with Gasteiger partial charge in [-0.1, -0.05) is 42.5 Å². The predicted octanol–water partition coefficient (Wildman–Crippen LogP) is 2.28.